The van der Waals surface area contributed by atoms with Crippen LogP contribution in [0.15, 0.2) is 54.6 Å². The van der Waals surface area contributed by atoms with Gasteiger partial charge in [0.1, 0.15) is 11.5 Å². The fraction of sp³-hybridized carbons (Fsp3) is 0. The van der Waals surface area contributed by atoms with Gasteiger partial charge in [-0.15, -0.1) is 0 Å². The van der Waals surface area contributed by atoms with E-state index in [1.807, 2.05) is 36.4 Å². The van der Waals surface area contributed by atoms with E-state index in [2.05, 4.69) is 5.32 Å². The van der Waals surface area contributed by atoms with Gasteiger partial charge in [0.05, 0.1) is 0 Å². The summed E-state index contributed by atoms with van der Waals surface area (Å²) in [5, 5.41) is 2.45. The third kappa shape index (κ3) is 2.60. The van der Waals surface area contributed by atoms with Crippen LogP contribution in [0.5, 0.6) is 11.5 Å². The lowest BCUT2D eigenvalue weighted by molar-refractivity contribution is 0.483. The number of benzene rings is 2. The number of hydrogen-bond donors (Lipinski definition) is 1. The van der Waals surface area contributed by atoms with E-state index in [4.69, 9.17) is 4.74 Å². The lowest BCUT2D eigenvalue weighted by Crippen LogP contribution is -1.93. The first-order valence-corrected chi connectivity index (χ1v) is 4.84. The van der Waals surface area contributed by atoms with E-state index in [1.54, 1.807) is 24.6 Å². The van der Waals surface area contributed by atoms with Crippen LogP contribution in [0, 0.1) is 0 Å². The molecule has 0 saturated carbocycles. The lowest BCUT2D eigenvalue weighted by atomic mass is 10.3. The van der Waals surface area contributed by atoms with E-state index in [1.165, 1.54) is 0 Å². The predicted molar refractivity (Wildman–Crippen MR) is 62.3 cm³/mol. The molecule has 1 amide bonds. The Balaban J connectivity index is 2.15. The molecule has 1 N–H and O–H groups in total. The monoisotopic (exact) mass is 212 g/mol. The van der Waals surface area contributed by atoms with E-state index in [-0.39, 0.29) is 0 Å². The highest BCUT2D eigenvalue weighted by Crippen LogP contribution is 2.23. The second kappa shape index (κ2) is 4.98. The van der Waals surface area contributed by atoms with Gasteiger partial charge in [0.25, 0.3) is 0 Å². The second-order valence-electron chi connectivity index (χ2n) is 3.17. The number of rotatable bonds is 4. The summed E-state index contributed by atoms with van der Waals surface area (Å²) in [5.41, 5.74) is 0.656. The molecule has 0 aliphatic carbocycles. The maximum absolute atomic E-state index is 10.2. The molecule has 2 aromatic rings. The number of nitrogens with one attached hydrogen (secondary N) is 1. The van der Waals surface area contributed by atoms with Crippen LogP contribution in [0.1, 0.15) is 0 Å². The lowest BCUT2D eigenvalue weighted by Gasteiger charge is -2.06. The summed E-state index contributed by atoms with van der Waals surface area (Å²) in [4.78, 5) is 10.2. The zero-order chi connectivity index (χ0) is 11.2. The van der Waals surface area contributed by atoms with Crippen molar-refractivity contribution in [2.24, 2.45) is 0 Å². The number of amides is 1. The Labute approximate surface area is 93.7 Å². The molecule has 0 aliphatic heterocycles. The van der Waals surface area contributed by atoms with Gasteiger partial charge in [-0.05, 0) is 24.3 Å². The highest BCUT2D eigenvalue weighted by molar-refractivity contribution is 5.72. The zero-order valence-corrected chi connectivity index (χ0v) is 8.51. The van der Waals surface area contributed by atoms with Crippen molar-refractivity contribution in [2.75, 3.05) is 5.32 Å². The van der Waals surface area contributed by atoms with Crippen LogP contribution >= 0.6 is 0 Å². The van der Waals surface area contributed by atoms with Gasteiger partial charge >= 0.3 is 6.41 Å². The summed E-state index contributed by atoms with van der Waals surface area (Å²) in [7, 11) is 0. The molecule has 0 bridgehead atoms. The number of hydrogen-bond acceptors (Lipinski definition) is 2. The highest BCUT2D eigenvalue weighted by Gasteiger charge is 1.97. The minimum Gasteiger partial charge on any atom is -0.457 e. The maximum Gasteiger partial charge on any atom is 0.314 e. The molecular weight excluding hydrogens is 202 g/mol. The molecule has 0 fully saturated rings. The molecule has 3 nitrogen and oxygen atoms in total. The molecule has 0 unspecified atom stereocenters. The molecular formula is C13H10NO2. The van der Waals surface area contributed by atoms with Crippen molar-refractivity contribution in [2.45, 2.75) is 0 Å². The number of carbonyl (C=O) groups excluding carboxylic acids is 1. The predicted octanol–water partition coefficient (Wildman–Crippen LogP) is 2.96. The summed E-state index contributed by atoms with van der Waals surface area (Å²) in [6.45, 7) is 0. The van der Waals surface area contributed by atoms with E-state index in [0.29, 0.717) is 11.4 Å². The molecule has 2 aromatic carbocycles. The van der Waals surface area contributed by atoms with Crippen molar-refractivity contribution in [3.8, 4) is 11.5 Å². The average molecular weight is 212 g/mol. The van der Waals surface area contributed by atoms with Gasteiger partial charge in [-0.2, -0.15) is 0 Å². The second-order valence-corrected chi connectivity index (χ2v) is 3.17. The van der Waals surface area contributed by atoms with Crippen LogP contribution < -0.4 is 10.1 Å². The molecule has 79 valence electrons. The van der Waals surface area contributed by atoms with Crippen LogP contribution in [0.4, 0.5) is 5.69 Å². The van der Waals surface area contributed by atoms with Crippen molar-refractivity contribution in [1.82, 2.24) is 0 Å². The largest absolute Gasteiger partial charge is 0.457 e. The summed E-state index contributed by atoms with van der Waals surface area (Å²) in [5.74, 6) is 1.43. The molecule has 0 aromatic heterocycles. The zero-order valence-electron chi connectivity index (χ0n) is 8.51. The van der Waals surface area contributed by atoms with Crippen LogP contribution in [-0.4, -0.2) is 6.41 Å². The Kier molecular flexibility index (Phi) is 3.18. The Morgan fingerprint density at radius 3 is 2.44 bits per heavy atom. The van der Waals surface area contributed by atoms with Gasteiger partial charge in [-0.1, -0.05) is 24.3 Å². The van der Waals surface area contributed by atoms with Gasteiger partial charge in [-0.25, -0.2) is 0 Å². The quantitative estimate of drug-likeness (QED) is 0.791. The van der Waals surface area contributed by atoms with Crippen LogP contribution in [0.3, 0.4) is 0 Å². The maximum atomic E-state index is 10.2. The van der Waals surface area contributed by atoms with Crippen LogP contribution in [0.25, 0.3) is 0 Å². The van der Waals surface area contributed by atoms with Gasteiger partial charge in [0, 0.05) is 11.8 Å². The number of anilines is 1. The Hall–Kier alpha value is -2.29. The summed E-state index contributed by atoms with van der Waals surface area (Å²) in [6, 6.07) is 16.6. The van der Waals surface area contributed by atoms with Crippen molar-refractivity contribution in [3.05, 3.63) is 54.6 Å². The number of ether oxygens (including phenoxy) is 1. The van der Waals surface area contributed by atoms with E-state index >= 15 is 0 Å². The van der Waals surface area contributed by atoms with Crippen molar-refractivity contribution >= 4 is 12.1 Å². The summed E-state index contributed by atoms with van der Waals surface area (Å²) >= 11 is 0. The Morgan fingerprint density at radius 2 is 1.69 bits per heavy atom. The highest BCUT2D eigenvalue weighted by atomic mass is 16.5. The Morgan fingerprint density at radius 1 is 0.938 bits per heavy atom. The summed E-state index contributed by atoms with van der Waals surface area (Å²) < 4.78 is 5.60. The summed E-state index contributed by atoms with van der Waals surface area (Å²) in [6.07, 6.45) is 1.62. The minimum absolute atomic E-state index is 0.656. The van der Waals surface area contributed by atoms with Crippen molar-refractivity contribution in [1.29, 1.82) is 0 Å². The molecule has 16 heavy (non-hydrogen) atoms. The van der Waals surface area contributed by atoms with Crippen LogP contribution in [0.2, 0.25) is 0 Å². The molecule has 0 aliphatic rings. The first-order chi connectivity index (χ1) is 7.88. The first kappa shape index (κ1) is 10.2. The van der Waals surface area contributed by atoms with Gasteiger partial charge in [-0.3, -0.25) is 4.79 Å². The minimum atomic E-state index is 0.656. The molecule has 1 radical (unpaired) electrons. The number of para-hydroxylation sites is 1. The van der Waals surface area contributed by atoms with E-state index in [9.17, 15) is 4.79 Å². The van der Waals surface area contributed by atoms with E-state index < -0.39 is 0 Å². The molecule has 0 saturated heterocycles. The normalized spacial score (nSPS) is 9.50. The van der Waals surface area contributed by atoms with E-state index in [0.717, 1.165) is 5.75 Å². The molecule has 0 heterocycles. The van der Waals surface area contributed by atoms with Gasteiger partial charge in [0.15, 0.2) is 0 Å². The fourth-order valence-electron chi connectivity index (χ4n) is 1.32. The van der Waals surface area contributed by atoms with Crippen LogP contribution in [-0.2, 0) is 4.79 Å². The standard InChI is InChI=1S/C13H10NO2/c15-10-14-11-5-4-8-13(9-11)16-12-6-2-1-3-7-12/h1-9H,(H,14,15). The molecule has 0 atom stereocenters. The first-order valence-electron chi connectivity index (χ1n) is 4.84. The van der Waals surface area contributed by atoms with Crippen molar-refractivity contribution < 1.29 is 9.53 Å². The van der Waals surface area contributed by atoms with Crippen molar-refractivity contribution in [3.63, 3.8) is 0 Å². The SMILES string of the molecule is O=[C]Nc1cccc(Oc2ccccc2)c1. The van der Waals surface area contributed by atoms with Gasteiger partial charge < -0.3 is 10.1 Å². The molecule has 2 rings (SSSR count). The van der Waals surface area contributed by atoms with Gasteiger partial charge in [0.2, 0.25) is 0 Å². The fourth-order valence-corrected chi connectivity index (χ4v) is 1.32. The smallest absolute Gasteiger partial charge is 0.314 e. The molecule has 3 heteroatoms. The molecule has 0 spiro atoms. The topological polar surface area (TPSA) is 38.3 Å². The average Bonchev–Trinajstić information content (AvgIpc) is 2.31. The third-order valence-corrected chi connectivity index (χ3v) is 2.01. The Bertz CT molecular complexity index is 468. The third-order valence-electron chi connectivity index (χ3n) is 2.01.